The molecule has 0 fully saturated rings. The van der Waals surface area contributed by atoms with Crippen LogP contribution in [0.5, 0.6) is 0 Å². The fourth-order valence-electron chi connectivity index (χ4n) is 3.78. The molecule has 0 N–H and O–H groups in total. The number of rotatable bonds is 6. The third-order valence-electron chi connectivity index (χ3n) is 5.13. The number of carbonyl (C=O) groups excluding carboxylic acids is 1. The quantitative estimate of drug-likeness (QED) is 0.472. The van der Waals surface area contributed by atoms with Gasteiger partial charge in [-0.05, 0) is 50.1 Å². The lowest BCUT2D eigenvalue weighted by atomic mass is 9.98. The first-order valence-electron chi connectivity index (χ1n) is 9.81. The van der Waals surface area contributed by atoms with Gasteiger partial charge >= 0.3 is 0 Å². The van der Waals surface area contributed by atoms with Crippen LogP contribution in [0.25, 0.3) is 11.0 Å². The van der Waals surface area contributed by atoms with E-state index in [1.54, 1.807) is 47.4 Å². The van der Waals surface area contributed by atoms with Crippen molar-refractivity contribution in [2.24, 2.45) is 0 Å². The molecule has 1 aliphatic heterocycles. The standard InChI is InChI=1S/C23H21Cl2NO4/c1-13(2)29-11-5-10-26-20(14-8-9-16(24)17(25)12-14)19-21(27)15-6-3-4-7-18(15)30-22(19)23(26)28/h3-4,6-9,12-13,20H,5,10-11H2,1-2H3/t20-/m1/s1. The van der Waals surface area contributed by atoms with Crippen molar-refractivity contribution < 1.29 is 13.9 Å². The molecule has 4 rings (SSSR count). The van der Waals surface area contributed by atoms with Gasteiger partial charge in [0.2, 0.25) is 5.76 Å². The molecule has 30 heavy (non-hydrogen) atoms. The number of hydrogen-bond acceptors (Lipinski definition) is 4. The van der Waals surface area contributed by atoms with Crippen LogP contribution in [0.1, 0.15) is 48.0 Å². The summed E-state index contributed by atoms with van der Waals surface area (Å²) in [6, 6.07) is 11.5. The van der Waals surface area contributed by atoms with Crippen LogP contribution in [0.3, 0.4) is 0 Å². The van der Waals surface area contributed by atoms with E-state index in [9.17, 15) is 9.59 Å². The minimum atomic E-state index is -0.595. The second kappa shape index (κ2) is 8.42. The zero-order valence-electron chi connectivity index (χ0n) is 16.7. The van der Waals surface area contributed by atoms with Crippen LogP contribution in [0.15, 0.2) is 51.7 Å². The summed E-state index contributed by atoms with van der Waals surface area (Å²) in [4.78, 5) is 28.2. The van der Waals surface area contributed by atoms with E-state index in [-0.39, 0.29) is 23.2 Å². The molecule has 5 nitrogen and oxygen atoms in total. The maximum absolute atomic E-state index is 13.3. The van der Waals surface area contributed by atoms with Crippen LogP contribution >= 0.6 is 23.2 Å². The largest absolute Gasteiger partial charge is 0.450 e. The van der Waals surface area contributed by atoms with Crippen molar-refractivity contribution >= 4 is 40.1 Å². The van der Waals surface area contributed by atoms with Crippen LogP contribution in [-0.4, -0.2) is 30.1 Å². The number of para-hydroxylation sites is 1. The van der Waals surface area contributed by atoms with Crippen molar-refractivity contribution in [3.8, 4) is 0 Å². The molecule has 0 saturated heterocycles. The molecule has 2 heterocycles. The summed E-state index contributed by atoms with van der Waals surface area (Å²) in [7, 11) is 0. The maximum Gasteiger partial charge on any atom is 0.290 e. The highest BCUT2D eigenvalue weighted by Gasteiger charge is 2.42. The van der Waals surface area contributed by atoms with Gasteiger partial charge in [-0.25, -0.2) is 0 Å². The lowest BCUT2D eigenvalue weighted by Crippen LogP contribution is -2.31. The molecule has 0 spiro atoms. The molecule has 1 amide bonds. The van der Waals surface area contributed by atoms with Gasteiger partial charge in [0.15, 0.2) is 5.43 Å². The Kier molecular flexibility index (Phi) is 5.87. The van der Waals surface area contributed by atoms with E-state index >= 15 is 0 Å². The second-order valence-corrected chi connectivity index (χ2v) is 8.33. The van der Waals surface area contributed by atoms with Crippen LogP contribution in [-0.2, 0) is 4.74 Å². The molecule has 3 aromatic rings. The number of ether oxygens (including phenoxy) is 1. The van der Waals surface area contributed by atoms with E-state index in [4.69, 9.17) is 32.4 Å². The van der Waals surface area contributed by atoms with E-state index in [2.05, 4.69) is 0 Å². The fourth-order valence-corrected chi connectivity index (χ4v) is 4.09. The highest BCUT2D eigenvalue weighted by Crippen LogP contribution is 2.39. The molecule has 0 unspecified atom stereocenters. The fraction of sp³-hybridized carbons (Fsp3) is 0.304. The highest BCUT2D eigenvalue weighted by atomic mass is 35.5. The number of nitrogens with zero attached hydrogens (tertiary/aromatic N) is 1. The SMILES string of the molecule is CC(C)OCCCN1C(=O)c2oc3ccccc3c(=O)c2[C@H]1c1ccc(Cl)c(Cl)c1. The molecular weight excluding hydrogens is 425 g/mol. The average molecular weight is 446 g/mol. The predicted octanol–water partition coefficient (Wildman–Crippen LogP) is 5.46. The Labute approximate surface area is 184 Å². The molecule has 0 saturated carbocycles. The molecule has 0 radical (unpaired) electrons. The smallest absolute Gasteiger partial charge is 0.290 e. The van der Waals surface area contributed by atoms with E-state index in [0.29, 0.717) is 51.7 Å². The average Bonchev–Trinajstić information content (AvgIpc) is 3.00. The molecule has 1 aromatic heterocycles. The van der Waals surface area contributed by atoms with Crippen molar-refractivity contribution in [3.63, 3.8) is 0 Å². The minimum absolute atomic E-state index is 0.0829. The summed E-state index contributed by atoms with van der Waals surface area (Å²) in [6.45, 7) is 4.85. The van der Waals surface area contributed by atoms with Gasteiger partial charge in [-0.3, -0.25) is 9.59 Å². The van der Waals surface area contributed by atoms with Crippen molar-refractivity contribution in [1.29, 1.82) is 0 Å². The zero-order chi connectivity index (χ0) is 21.4. The van der Waals surface area contributed by atoms with E-state index in [0.717, 1.165) is 0 Å². The summed E-state index contributed by atoms with van der Waals surface area (Å²) in [5, 5.41) is 1.22. The summed E-state index contributed by atoms with van der Waals surface area (Å²) in [5.41, 5.74) is 1.23. The van der Waals surface area contributed by atoms with Gasteiger partial charge < -0.3 is 14.1 Å². The maximum atomic E-state index is 13.3. The van der Waals surface area contributed by atoms with Crippen LogP contribution < -0.4 is 5.43 Å². The van der Waals surface area contributed by atoms with Gasteiger partial charge in [0.25, 0.3) is 5.91 Å². The number of hydrogen-bond donors (Lipinski definition) is 0. The Morgan fingerprint density at radius 1 is 1.10 bits per heavy atom. The van der Waals surface area contributed by atoms with Crippen LogP contribution in [0, 0.1) is 0 Å². The number of amides is 1. The third-order valence-corrected chi connectivity index (χ3v) is 5.87. The van der Waals surface area contributed by atoms with Crippen molar-refractivity contribution in [3.05, 3.63) is 79.6 Å². The van der Waals surface area contributed by atoms with E-state index in [1.165, 1.54) is 0 Å². The lowest BCUT2D eigenvalue weighted by molar-refractivity contribution is 0.0593. The van der Waals surface area contributed by atoms with Gasteiger partial charge in [-0.15, -0.1) is 0 Å². The first-order valence-corrected chi connectivity index (χ1v) is 10.6. The Morgan fingerprint density at radius 2 is 1.87 bits per heavy atom. The van der Waals surface area contributed by atoms with Gasteiger partial charge in [-0.1, -0.05) is 41.4 Å². The first-order chi connectivity index (χ1) is 14.4. The van der Waals surface area contributed by atoms with Gasteiger partial charge in [0, 0.05) is 13.2 Å². The molecule has 1 aliphatic rings. The lowest BCUT2D eigenvalue weighted by Gasteiger charge is -2.25. The molecule has 2 aromatic carbocycles. The van der Waals surface area contributed by atoms with Crippen molar-refractivity contribution in [2.45, 2.75) is 32.4 Å². The predicted molar refractivity (Wildman–Crippen MR) is 118 cm³/mol. The van der Waals surface area contributed by atoms with Crippen molar-refractivity contribution in [2.75, 3.05) is 13.2 Å². The summed E-state index contributed by atoms with van der Waals surface area (Å²) in [5.74, 6) is -0.229. The van der Waals surface area contributed by atoms with Gasteiger partial charge in [0.05, 0.1) is 33.1 Å². The molecule has 7 heteroatoms. The van der Waals surface area contributed by atoms with Gasteiger partial charge in [0.1, 0.15) is 5.58 Å². The van der Waals surface area contributed by atoms with Crippen LogP contribution in [0.2, 0.25) is 10.0 Å². The number of benzene rings is 2. The number of fused-ring (bicyclic) bond motifs is 2. The summed E-state index contributed by atoms with van der Waals surface area (Å²) < 4.78 is 11.5. The second-order valence-electron chi connectivity index (χ2n) is 7.52. The van der Waals surface area contributed by atoms with E-state index in [1.807, 2.05) is 13.8 Å². The zero-order valence-corrected chi connectivity index (χ0v) is 18.2. The molecule has 0 bridgehead atoms. The van der Waals surface area contributed by atoms with E-state index < -0.39 is 6.04 Å². The van der Waals surface area contributed by atoms with Crippen molar-refractivity contribution in [1.82, 2.24) is 4.90 Å². The Balaban J connectivity index is 1.82. The molecule has 156 valence electrons. The molecule has 1 atom stereocenters. The summed E-state index contributed by atoms with van der Waals surface area (Å²) in [6.07, 6.45) is 0.736. The Hall–Kier alpha value is -2.34. The topological polar surface area (TPSA) is 59.8 Å². The molecule has 0 aliphatic carbocycles. The summed E-state index contributed by atoms with van der Waals surface area (Å²) >= 11 is 12.3. The van der Waals surface area contributed by atoms with Gasteiger partial charge in [-0.2, -0.15) is 0 Å². The highest BCUT2D eigenvalue weighted by molar-refractivity contribution is 6.42. The monoisotopic (exact) mass is 445 g/mol. The molecular formula is C23H21Cl2NO4. The first kappa shape index (κ1) is 20.9. The Morgan fingerprint density at radius 3 is 2.60 bits per heavy atom. The van der Waals surface area contributed by atoms with Crippen LogP contribution in [0.4, 0.5) is 0 Å². The Bertz CT molecular complexity index is 1170. The number of halogens is 2. The normalized spacial score (nSPS) is 16.0. The number of carbonyl (C=O) groups is 1. The minimum Gasteiger partial charge on any atom is -0.450 e. The third kappa shape index (κ3) is 3.73.